The van der Waals surface area contributed by atoms with E-state index in [-0.39, 0.29) is 16.7 Å². The van der Waals surface area contributed by atoms with Crippen LogP contribution < -0.4 is 10.5 Å². The van der Waals surface area contributed by atoms with Crippen LogP contribution in [-0.4, -0.2) is 52.2 Å². The number of aromatic amines is 1. The van der Waals surface area contributed by atoms with Crippen molar-refractivity contribution in [2.24, 2.45) is 0 Å². The molecule has 0 aliphatic carbocycles. The number of nitrogens with one attached hydrogen (secondary N) is 1. The smallest absolute Gasteiger partial charge is 0.259 e. The Morgan fingerprint density at radius 3 is 2.74 bits per heavy atom. The van der Waals surface area contributed by atoms with E-state index in [4.69, 9.17) is 11.6 Å². The first kappa shape index (κ1) is 22.2. The van der Waals surface area contributed by atoms with Gasteiger partial charge in [-0.1, -0.05) is 17.7 Å². The van der Waals surface area contributed by atoms with Gasteiger partial charge >= 0.3 is 0 Å². The molecule has 0 bridgehead atoms. The van der Waals surface area contributed by atoms with Crippen LogP contribution in [0.15, 0.2) is 29.1 Å². The molecular formula is C22H25ClN4O2S2. The monoisotopic (exact) mass is 476 g/mol. The molecule has 1 fully saturated rings. The Hall–Kier alpha value is -2.03. The van der Waals surface area contributed by atoms with Gasteiger partial charge in [0.05, 0.1) is 16.4 Å². The van der Waals surface area contributed by atoms with E-state index in [0.29, 0.717) is 30.1 Å². The highest BCUT2D eigenvalue weighted by Crippen LogP contribution is 2.27. The molecule has 9 heteroatoms. The summed E-state index contributed by atoms with van der Waals surface area (Å²) in [4.78, 5) is 38.9. The number of anilines is 1. The van der Waals surface area contributed by atoms with Crippen LogP contribution in [0.4, 0.5) is 5.69 Å². The highest BCUT2D eigenvalue weighted by atomic mass is 35.5. The van der Waals surface area contributed by atoms with Crippen molar-refractivity contribution in [3.63, 3.8) is 0 Å². The SMILES string of the molecule is Cc1sc2nc(CSC(C)C(=O)N3CCN(c4cccc(Cl)c4)CC3)[nH]c(=O)c2c1C. The number of benzene rings is 1. The predicted molar refractivity (Wildman–Crippen MR) is 131 cm³/mol. The minimum atomic E-state index is -0.203. The Kier molecular flexibility index (Phi) is 6.60. The second kappa shape index (κ2) is 9.22. The Morgan fingerprint density at radius 2 is 2.03 bits per heavy atom. The molecule has 2 aromatic heterocycles. The molecule has 0 spiro atoms. The number of carbonyl (C=O) groups is 1. The summed E-state index contributed by atoms with van der Waals surface area (Å²) in [6.07, 6.45) is 0. The number of rotatable bonds is 5. The minimum absolute atomic E-state index is 0.0985. The van der Waals surface area contributed by atoms with Crippen molar-refractivity contribution >= 4 is 56.5 Å². The number of thioether (sulfide) groups is 1. The molecule has 1 amide bonds. The van der Waals surface area contributed by atoms with Gasteiger partial charge in [-0.25, -0.2) is 4.98 Å². The highest BCUT2D eigenvalue weighted by Gasteiger charge is 2.25. The maximum absolute atomic E-state index is 12.9. The van der Waals surface area contributed by atoms with E-state index >= 15 is 0 Å². The van der Waals surface area contributed by atoms with Gasteiger partial charge in [0.25, 0.3) is 5.56 Å². The van der Waals surface area contributed by atoms with Crippen molar-refractivity contribution < 1.29 is 4.79 Å². The van der Waals surface area contributed by atoms with Gasteiger partial charge in [0.1, 0.15) is 10.7 Å². The number of hydrogen-bond donors (Lipinski definition) is 1. The molecule has 3 heterocycles. The normalized spacial score (nSPS) is 15.5. The standard InChI is InChI=1S/C22H25ClN4O2S2/c1-13-14(2)31-21-19(13)20(28)24-18(25-21)12-30-15(3)22(29)27-9-7-26(8-10-27)17-6-4-5-16(23)11-17/h4-6,11,15H,7-10,12H2,1-3H3,(H,24,25,28). The van der Waals surface area contributed by atoms with E-state index in [2.05, 4.69) is 14.9 Å². The summed E-state index contributed by atoms with van der Waals surface area (Å²) in [5, 5.41) is 1.20. The Balaban J connectivity index is 1.34. The lowest BCUT2D eigenvalue weighted by Gasteiger charge is -2.37. The lowest BCUT2D eigenvalue weighted by Crippen LogP contribution is -2.50. The minimum Gasteiger partial charge on any atom is -0.368 e. The van der Waals surface area contributed by atoms with Crippen molar-refractivity contribution in [1.82, 2.24) is 14.9 Å². The van der Waals surface area contributed by atoms with Gasteiger partial charge in [-0.3, -0.25) is 9.59 Å². The van der Waals surface area contributed by atoms with Crippen molar-refractivity contribution in [2.45, 2.75) is 31.8 Å². The second-order valence-corrected chi connectivity index (χ2v) is 10.7. The summed E-state index contributed by atoms with van der Waals surface area (Å²) in [6.45, 7) is 8.81. The van der Waals surface area contributed by atoms with Crippen LogP contribution in [0.1, 0.15) is 23.2 Å². The third-order valence-corrected chi connectivity index (χ3v) is 8.15. The maximum atomic E-state index is 12.9. The first-order chi connectivity index (χ1) is 14.8. The van der Waals surface area contributed by atoms with Gasteiger partial charge in [0, 0.05) is 41.8 Å². The van der Waals surface area contributed by atoms with Gasteiger partial charge in [-0.05, 0) is 44.5 Å². The van der Waals surface area contributed by atoms with E-state index in [1.54, 1.807) is 11.3 Å². The number of halogens is 1. The number of nitrogens with zero attached hydrogens (tertiary/aromatic N) is 3. The molecule has 1 unspecified atom stereocenters. The van der Waals surface area contributed by atoms with Crippen LogP contribution in [0.2, 0.25) is 5.02 Å². The van der Waals surface area contributed by atoms with Gasteiger partial charge in [-0.2, -0.15) is 0 Å². The molecule has 4 rings (SSSR count). The number of aryl methyl sites for hydroxylation is 2. The van der Waals surface area contributed by atoms with Crippen LogP contribution in [0.25, 0.3) is 10.2 Å². The van der Waals surface area contributed by atoms with Crippen LogP contribution in [0, 0.1) is 13.8 Å². The van der Waals surface area contributed by atoms with E-state index < -0.39 is 0 Å². The molecule has 164 valence electrons. The van der Waals surface area contributed by atoms with E-state index in [1.165, 1.54) is 11.8 Å². The first-order valence-electron chi connectivity index (χ1n) is 10.2. The van der Waals surface area contributed by atoms with Crippen LogP contribution in [0.3, 0.4) is 0 Å². The van der Waals surface area contributed by atoms with Crippen molar-refractivity contribution in [1.29, 1.82) is 0 Å². The van der Waals surface area contributed by atoms with Crippen molar-refractivity contribution in [3.05, 3.63) is 55.9 Å². The van der Waals surface area contributed by atoms with Gasteiger partial charge < -0.3 is 14.8 Å². The predicted octanol–water partition coefficient (Wildman–Crippen LogP) is 4.23. The third-order valence-electron chi connectivity index (χ3n) is 5.67. The summed E-state index contributed by atoms with van der Waals surface area (Å²) in [5.41, 5.74) is 1.98. The topological polar surface area (TPSA) is 69.3 Å². The molecule has 1 aliphatic heterocycles. The molecule has 1 atom stereocenters. The third kappa shape index (κ3) is 4.76. The number of thiophene rings is 1. The molecule has 31 heavy (non-hydrogen) atoms. The molecule has 3 aromatic rings. The summed E-state index contributed by atoms with van der Waals surface area (Å²) < 4.78 is 0. The molecule has 1 saturated heterocycles. The Labute approximate surface area is 194 Å². The molecule has 1 aliphatic rings. The quantitative estimate of drug-likeness (QED) is 0.597. The average Bonchev–Trinajstić information content (AvgIpc) is 3.05. The van der Waals surface area contributed by atoms with Crippen molar-refractivity contribution in [2.75, 3.05) is 31.1 Å². The molecule has 6 nitrogen and oxygen atoms in total. The molecule has 0 saturated carbocycles. The number of hydrogen-bond acceptors (Lipinski definition) is 6. The molecule has 1 N–H and O–H groups in total. The van der Waals surface area contributed by atoms with Crippen LogP contribution >= 0.6 is 34.7 Å². The van der Waals surface area contributed by atoms with Gasteiger partial charge in [0.15, 0.2) is 0 Å². The molecule has 1 aromatic carbocycles. The summed E-state index contributed by atoms with van der Waals surface area (Å²) in [6, 6.07) is 7.81. The highest BCUT2D eigenvalue weighted by molar-refractivity contribution is 7.99. The molecule has 0 radical (unpaired) electrons. The number of piperazine rings is 1. The number of carbonyl (C=O) groups excluding carboxylic acids is 1. The number of amides is 1. The lowest BCUT2D eigenvalue weighted by molar-refractivity contribution is -0.130. The summed E-state index contributed by atoms with van der Waals surface area (Å²) in [5.74, 6) is 1.24. The van der Waals surface area contributed by atoms with E-state index in [0.717, 1.165) is 39.1 Å². The second-order valence-electron chi connectivity index (χ2n) is 7.72. The summed E-state index contributed by atoms with van der Waals surface area (Å²) in [7, 11) is 0. The van der Waals surface area contributed by atoms with Crippen molar-refractivity contribution in [3.8, 4) is 0 Å². The fraction of sp³-hybridized carbons (Fsp3) is 0.409. The Bertz CT molecular complexity index is 1170. The zero-order valence-electron chi connectivity index (χ0n) is 17.8. The van der Waals surface area contributed by atoms with E-state index in [1.807, 2.05) is 49.9 Å². The number of H-pyrrole nitrogens is 1. The lowest BCUT2D eigenvalue weighted by atomic mass is 10.2. The summed E-state index contributed by atoms with van der Waals surface area (Å²) >= 11 is 9.15. The average molecular weight is 477 g/mol. The fourth-order valence-electron chi connectivity index (χ4n) is 3.76. The number of aromatic nitrogens is 2. The van der Waals surface area contributed by atoms with Crippen LogP contribution in [0.5, 0.6) is 0 Å². The largest absolute Gasteiger partial charge is 0.368 e. The number of fused-ring (bicyclic) bond motifs is 1. The van der Waals surface area contributed by atoms with Gasteiger partial charge in [-0.15, -0.1) is 23.1 Å². The Morgan fingerprint density at radius 1 is 1.29 bits per heavy atom. The van der Waals surface area contributed by atoms with E-state index in [9.17, 15) is 9.59 Å². The zero-order valence-corrected chi connectivity index (χ0v) is 20.2. The molecular weight excluding hydrogens is 452 g/mol. The van der Waals surface area contributed by atoms with Gasteiger partial charge in [0.2, 0.25) is 5.91 Å². The maximum Gasteiger partial charge on any atom is 0.259 e. The fourth-order valence-corrected chi connectivity index (χ4v) is 5.83. The zero-order chi connectivity index (χ0) is 22.1. The first-order valence-corrected chi connectivity index (χ1v) is 12.5. The van der Waals surface area contributed by atoms with Crippen LogP contribution in [-0.2, 0) is 10.5 Å².